The van der Waals surface area contributed by atoms with Crippen LogP contribution in [0.5, 0.6) is 0 Å². The molecule has 6 heteroatoms. The Morgan fingerprint density at radius 3 is 2.42 bits per heavy atom. The predicted octanol–water partition coefficient (Wildman–Crippen LogP) is 0.275. The van der Waals surface area contributed by atoms with Crippen LogP contribution in [0.15, 0.2) is 0 Å². The predicted molar refractivity (Wildman–Crippen MR) is 36.6 cm³/mol. The minimum Gasteiger partial charge on any atom is -0.392 e. The van der Waals surface area contributed by atoms with Gasteiger partial charge in [0.2, 0.25) is 0 Å². The summed E-state index contributed by atoms with van der Waals surface area (Å²) < 4.78 is 38.6. The molecule has 1 atom stereocenters. The molecule has 0 heterocycles. The van der Waals surface area contributed by atoms with E-state index in [0.717, 1.165) is 0 Å². The SMILES string of the molecule is NCC(O)CCOCC(F)(F)F. The third-order valence-electron chi connectivity index (χ3n) is 1.13. The normalized spacial score (nSPS) is 14.8. The third-order valence-corrected chi connectivity index (χ3v) is 1.13. The maximum absolute atomic E-state index is 11.4. The van der Waals surface area contributed by atoms with E-state index in [1.54, 1.807) is 0 Å². The average molecular weight is 187 g/mol. The van der Waals surface area contributed by atoms with Gasteiger partial charge in [0.1, 0.15) is 6.61 Å². The van der Waals surface area contributed by atoms with E-state index >= 15 is 0 Å². The molecule has 3 N–H and O–H groups in total. The highest BCUT2D eigenvalue weighted by Gasteiger charge is 2.27. The lowest BCUT2D eigenvalue weighted by atomic mass is 10.3. The second-order valence-electron chi connectivity index (χ2n) is 2.35. The highest BCUT2D eigenvalue weighted by atomic mass is 19.4. The molecule has 0 aliphatic heterocycles. The number of hydrogen-bond acceptors (Lipinski definition) is 3. The van der Waals surface area contributed by atoms with Gasteiger partial charge in [-0.3, -0.25) is 0 Å². The van der Waals surface area contributed by atoms with Crippen LogP contribution in [0.3, 0.4) is 0 Å². The summed E-state index contributed by atoms with van der Waals surface area (Å²) in [4.78, 5) is 0. The summed E-state index contributed by atoms with van der Waals surface area (Å²) in [5.41, 5.74) is 5.01. The van der Waals surface area contributed by atoms with Crippen molar-refractivity contribution in [1.29, 1.82) is 0 Å². The summed E-state index contributed by atoms with van der Waals surface area (Å²) in [6, 6.07) is 0. The number of aliphatic hydroxyl groups is 1. The van der Waals surface area contributed by atoms with Crippen molar-refractivity contribution < 1.29 is 23.0 Å². The lowest BCUT2D eigenvalue weighted by Gasteiger charge is -2.09. The van der Waals surface area contributed by atoms with Gasteiger partial charge in [-0.1, -0.05) is 0 Å². The zero-order chi connectivity index (χ0) is 9.61. The molecule has 3 nitrogen and oxygen atoms in total. The quantitative estimate of drug-likeness (QED) is 0.607. The number of alkyl halides is 3. The first-order chi connectivity index (χ1) is 5.45. The van der Waals surface area contributed by atoms with Crippen molar-refractivity contribution in [1.82, 2.24) is 0 Å². The maximum atomic E-state index is 11.4. The van der Waals surface area contributed by atoms with Crippen LogP contribution in [-0.2, 0) is 4.74 Å². The first kappa shape index (κ1) is 11.7. The van der Waals surface area contributed by atoms with Crippen molar-refractivity contribution in [2.45, 2.75) is 18.7 Å². The monoisotopic (exact) mass is 187 g/mol. The highest BCUT2D eigenvalue weighted by molar-refractivity contribution is 4.54. The van der Waals surface area contributed by atoms with Gasteiger partial charge in [-0.2, -0.15) is 13.2 Å². The van der Waals surface area contributed by atoms with Gasteiger partial charge in [-0.25, -0.2) is 0 Å². The molecule has 0 saturated carbocycles. The maximum Gasteiger partial charge on any atom is 0.411 e. The van der Waals surface area contributed by atoms with Gasteiger partial charge in [0.15, 0.2) is 0 Å². The molecule has 0 radical (unpaired) electrons. The van der Waals surface area contributed by atoms with Crippen molar-refractivity contribution in [3.05, 3.63) is 0 Å². The number of ether oxygens (including phenoxy) is 1. The Balaban J connectivity index is 3.22. The summed E-state index contributed by atoms with van der Waals surface area (Å²) in [5, 5.41) is 8.80. The van der Waals surface area contributed by atoms with E-state index in [4.69, 9.17) is 10.8 Å². The molecule has 12 heavy (non-hydrogen) atoms. The van der Waals surface area contributed by atoms with E-state index in [-0.39, 0.29) is 19.6 Å². The molecule has 74 valence electrons. The second-order valence-corrected chi connectivity index (χ2v) is 2.35. The molecular formula is C6H12F3NO2. The zero-order valence-electron chi connectivity index (χ0n) is 6.47. The summed E-state index contributed by atoms with van der Waals surface area (Å²) >= 11 is 0. The molecule has 0 aliphatic rings. The number of aliphatic hydroxyl groups excluding tert-OH is 1. The fraction of sp³-hybridized carbons (Fsp3) is 1.00. The number of hydrogen-bond donors (Lipinski definition) is 2. The smallest absolute Gasteiger partial charge is 0.392 e. The Kier molecular flexibility index (Phi) is 5.19. The van der Waals surface area contributed by atoms with Crippen molar-refractivity contribution in [2.75, 3.05) is 19.8 Å². The third kappa shape index (κ3) is 7.77. The van der Waals surface area contributed by atoms with Gasteiger partial charge >= 0.3 is 6.18 Å². The Bertz CT molecular complexity index is 118. The topological polar surface area (TPSA) is 55.5 Å². The van der Waals surface area contributed by atoms with E-state index in [1.807, 2.05) is 0 Å². The van der Waals surface area contributed by atoms with Crippen molar-refractivity contribution in [3.63, 3.8) is 0 Å². The van der Waals surface area contributed by atoms with Crippen LogP contribution in [0, 0.1) is 0 Å². The number of nitrogens with two attached hydrogens (primary N) is 1. The standard InChI is InChI=1S/C6H12F3NO2/c7-6(8,9)4-12-2-1-5(11)3-10/h5,11H,1-4,10H2. The fourth-order valence-corrected chi connectivity index (χ4v) is 0.525. The number of halogens is 3. The minimum atomic E-state index is -4.30. The molecule has 0 aliphatic carbocycles. The Morgan fingerprint density at radius 2 is 2.00 bits per heavy atom. The lowest BCUT2D eigenvalue weighted by molar-refractivity contribution is -0.175. The molecule has 0 bridgehead atoms. The van der Waals surface area contributed by atoms with Crippen LogP contribution < -0.4 is 5.73 Å². The Morgan fingerprint density at radius 1 is 1.42 bits per heavy atom. The molecule has 0 aromatic rings. The van der Waals surface area contributed by atoms with Crippen LogP contribution in [0.2, 0.25) is 0 Å². The molecule has 0 aromatic heterocycles. The second kappa shape index (κ2) is 5.34. The molecule has 0 amide bonds. The lowest BCUT2D eigenvalue weighted by Crippen LogP contribution is -2.23. The summed E-state index contributed by atoms with van der Waals surface area (Å²) in [5.74, 6) is 0. The van der Waals surface area contributed by atoms with Crippen LogP contribution in [0.4, 0.5) is 13.2 Å². The molecule has 0 fully saturated rings. The Labute approximate surface area is 68.3 Å². The number of rotatable bonds is 5. The van der Waals surface area contributed by atoms with Crippen molar-refractivity contribution >= 4 is 0 Å². The van der Waals surface area contributed by atoms with E-state index in [2.05, 4.69) is 4.74 Å². The molecule has 0 saturated heterocycles. The summed E-state index contributed by atoms with van der Waals surface area (Å²) in [6.45, 7) is -1.36. The van der Waals surface area contributed by atoms with E-state index in [9.17, 15) is 13.2 Å². The van der Waals surface area contributed by atoms with Crippen LogP contribution in [0.25, 0.3) is 0 Å². The van der Waals surface area contributed by atoms with Crippen LogP contribution >= 0.6 is 0 Å². The first-order valence-electron chi connectivity index (χ1n) is 3.48. The first-order valence-corrected chi connectivity index (χ1v) is 3.48. The van der Waals surface area contributed by atoms with E-state index < -0.39 is 18.9 Å². The van der Waals surface area contributed by atoms with Crippen LogP contribution in [0.1, 0.15) is 6.42 Å². The van der Waals surface area contributed by atoms with Gasteiger partial charge in [0, 0.05) is 13.2 Å². The molecule has 0 spiro atoms. The molecule has 0 rings (SSSR count). The van der Waals surface area contributed by atoms with Crippen molar-refractivity contribution in [3.8, 4) is 0 Å². The van der Waals surface area contributed by atoms with E-state index in [0.29, 0.717) is 0 Å². The average Bonchev–Trinajstić information content (AvgIpc) is 1.96. The largest absolute Gasteiger partial charge is 0.411 e. The van der Waals surface area contributed by atoms with Gasteiger partial charge in [-0.05, 0) is 6.42 Å². The minimum absolute atomic E-state index is 0.0371. The van der Waals surface area contributed by atoms with Crippen molar-refractivity contribution in [2.24, 2.45) is 5.73 Å². The molecular weight excluding hydrogens is 175 g/mol. The summed E-state index contributed by atoms with van der Waals surface area (Å²) in [6.07, 6.45) is -4.95. The Hall–Kier alpha value is -0.330. The van der Waals surface area contributed by atoms with Gasteiger partial charge in [0.05, 0.1) is 6.10 Å². The van der Waals surface area contributed by atoms with Crippen LogP contribution in [-0.4, -0.2) is 37.1 Å². The van der Waals surface area contributed by atoms with Gasteiger partial charge in [-0.15, -0.1) is 0 Å². The summed E-state index contributed by atoms with van der Waals surface area (Å²) in [7, 11) is 0. The fourth-order valence-electron chi connectivity index (χ4n) is 0.525. The highest BCUT2D eigenvalue weighted by Crippen LogP contribution is 2.14. The molecule has 0 aromatic carbocycles. The molecule has 1 unspecified atom stereocenters. The zero-order valence-corrected chi connectivity index (χ0v) is 6.47. The van der Waals surface area contributed by atoms with Gasteiger partial charge < -0.3 is 15.6 Å². The van der Waals surface area contributed by atoms with Gasteiger partial charge in [0.25, 0.3) is 0 Å². The van der Waals surface area contributed by atoms with E-state index in [1.165, 1.54) is 0 Å².